The van der Waals surface area contributed by atoms with Gasteiger partial charge in [-0.05, 0) is 36.3 Å². The third-order valence-electron chi connectivity index (χ3n) is 4.03. The van der Waals surface area contributed by atoms with Crippen molar-refractivity contribution in [3.8, 4) is 0 Å². The summed E-state index contributed by atoms with van der Waals surface area (Å²) in [6.07, 6.45) is 3.74. The first kappa shape index (κ1) is 14.6. The van der Waals surface area contributed by atoms with E-state index in [-0.39, 0.29) is 24.0 Å². The molecular weight excluding hydrogens is 349 g/mol. The van der Waals surface area contributed by atoms with E-state index in [9.17, 15) is 0 Å². The lowest BCUT2D eigenvalue weighted by molar-refractivity contribution is 0.490. The predicted molar refractivity (Wildman–Crippen MR) is 90.3 cm³/mol. The number of hydrogen-bond acceptors (Lipinski definition) is 3. The van der Waals surface area contributed by atoms with Crippen LogP contribution in [0.1, 0.15) is 17.5 Å². The highest BCUT2D eigenvalue weighted by Crippen LogP contribution is 2.28. The van der Waals surface area contributed by atoms with Crippen LogP contribution >= 0.6 is 24.0 Å². The molecule has 0 aromatic heterocycles. The Bertz CT molecular complexity index is 433. The number of aliphatic imine (C=N–C) groups is 1. The van der Waals surface area contributed by atoms with E-state index < -0.39 is 0 Å². The standard InChI is InChI=1S/C15H21N3.HI/c1-18-9-8-17-15(18)16-7-6-12-10-13-4-2-3-5-14(13)11-12;/h2-5,12H,6-11H2,1H3,(H,16,17);1H. The van der Waals surface area contributed by atoms with Crippen molar-refractivity contribution in [1.82, 2.24) is 10.2 Å². The number of rotatable bonds is 3. The predicted octanol–water partition coefficient (Wildman–Crippen LogP) is 2.30. The number of fused-ring (bicyclic) bond motifs is 1. The highest BCUT2D eigenvalue weighted by atomic mass is 127. The molecule has 1 aromatic rings. The zero-order chi connectivity index (χ0) is 12.4. The fourth-order valence-electron chi connectivity index (χ4n) is 2.97. The van der Waals surface area contributed by atoms with Crippen LogP contribution in [0.2, 0.25) is 0 Å². The molecule has 0 unspecified atom stereocenters. The largest absolute Gasteiger partial charge is 0.356 e. The van der Waals surface area contributed by atoms with Crippen LogP contribution in [0.3, 0.4) is 0 Å². The van der Waals surface area contributed by atoms with Gasteiger partial charge >= 0.3 is 0 Å². The van der Waals surface area contributed by atoms with Gasteiger partial charge in [-0.3, -0.25) is 4.99 Å². The molecule has 3 rings (SSSR count). The van der Waals surface area contributed by atoms with Crippen molar-refractivity contribution in [2.75, 3.05) is 26.7 Å². The molecule has 1 aromatic carbocycles. The Labute approximate surface area is 132 Å². The Kier molecular flexibility index (Phi) is 5.07. The average molecular weight is 371 g/mol. The number of halogens is 1. The molecule has 0 fully saturated rings. The van der Waals surface area contributed by atoms with Crippen molar-refractivity contribution in [3.05, 3.63) is 35.4 Å². The summed E-state index contributed by atoms with van der Waals surface area (Å²) in [6, 6.07) is 8.86. The van der Waals surface area contributed by atoms with E-state index >= 15 is 0 Å². The van der Waals surface area contributed by atoms with Crippen LogP contribution in [0.4, 0.5) is 0 Å². The van der Waals surface area contributed by atoms with Gasteiger partial charge in [0.1, 0.15) is 0 Å². The van der Waals surface area contributed by atoms with Gasteiger partial charge in [0.2, 0.25) is 0 Å². The molecule has 0 radical (unpaired) electrons. The number of likely N-dealkylation sites (N-methyl/N-ethyl adjacent to an activating group) is 1. The zero-order valence-electron chi connectivity index (χ0n) is 11.4. The summed E-state index contributed by atoms with van der Waals surface area (Å²) >= 11 is 0. The normalized spacial score (nSPS) is 17.9. The van der Waals surface area contributed by atoms with E-state index in [1.165, 1.54) is 19.3 Å². The van der Waals surface area contributed by atoms with Crippen LogP contribution in [-0.2, 0) is 12.8 Å². The van der Waals surface area contributed by atoms with E-state index in [0.29, 0.717) is 0 Å². The fourth-order valence-corrected chi connectivity index (χ4v) is 2.97. The lowest BCUT2D eigenvalue weighted by Crippen LogP contribution is -2.36. The molecular formula is C15H22IN3. The van der Waals surface area contributed by atoms with Crippen molar-refractivity contribution in [3.63, 3.8) is 0 Å². The summed E-state index contributed by atoms with van der Waals surface area (Å²) in [5.41, 5.74) is 3.11. The summed E-state index contributed by atoms with van der Waals surface area (Å²) in [4.78, 5) is 6.65. The smallest absolute Gasteiger partial charge is 0.193 e. The molecule has 2 aliphatic rings. The minimum absolute atomic E-state index is 0. The van der Waals surface area contributed by atoms with Gasteiger partial charge in [-0.25, -0.2) is 0 Å². The second-order valence-electron chi connectivity index (χ2n) is 5.39. The first-order chi connectivity index (χ1) is 8.83. The number of nitrogens with one attached hydrogen (secondary N) is 1. The highest BCUT2D eigenvalue weighted by Gasteiger charge is 2.20. The molecule has 0 amide bonds. The minimum Gasteiger partial charge on any atom is -0.356 e. The van der Waals surface area contributed by atoms with Crippen LogP contribution in [0.5, 0.6) is 0 Å². The van der Waals surface area contributed by atoms with E-state index in [0.717, 1.165) is 31.5 Å². The van der Waals surface area contributed by atoms with Crippen LogP contribution in [0, 0.1) is 5.92 Å². The Hall–Kier alpha value is -0.780. The lowest BCUT2D eigenvalue weighted by atomic mass is 10.0. The Balaban J connectivity index is 0.00000133. The first-order valence-corrected chi connectivity index (χ1v) is 6.89. The van der Waals surface area contributed by atoms with Gasteiger partial charge in [-0.2, -0.15) is 0 Å². The van der Waals surface area contributed by atoms with Crippen LogP contribution in [0.25, 0.3) is 0 Å². The zero-order valence-corrected chi connectivity index (χ0v) is 13.8. The Morgan fingerprint density at radius 3 is 2.53 bits per heavy atom. The Morgan fingerprint density at radius 2 is 1.95 bits per heavy atom. The van der Waals surface area contributed by atoms with Crippen LogP contribution in [0.15, 0.2) is 29.3 Å². The van der Waals surface area contributed by atoms with E-state index in [1.54, 1.807) is 11.1 Å². The van der Waals surface area contributed by atoms with Crippen molar-refractivity contribution >= 4 is 29.9 Å². The van der Waals surface area contributed by atoms with E-state index in [2.05, 4.69) is 46.5 Å². The van der Waals surface area contributed by atoms with Gasteiger partial charge in [0.15, 0.2) is 5.96 Å². The molecule has 19 heavy (non-hydrogen) atoms. The van der Waals surface area contributed by atoms with Gasteiger partial charge in [-0.1, -0.05) is 24.3 Å². The highest BCUT2D eigenvalue weighted by molar-refractivity contribution is 14.0. The quantitative estimate of drug-likeness (QED) is 0.826. The van der Waals surface area contributed by atoms with Crippen molar-refractivity contribution in [1.29, 1.82) is 0 Å². The van der Waals surface area contributed by atoms with Gasteiger partial charge in [0.05, 0.1) is 6.54 Å². The number of guanidine groups is 1. The second kappa shape index (κ2) is 6.59. The van der Waals surface area contributed by atoms with Crippen molar-refractivity contribution in [2.45, 2.75) is 19.3 Å². The average Bonchev–Trinajstić information content (AvgIpc) is 2.96. The molecule has 1 heterocycles. The topological polar surface area (TPSA) is 27.6 Å². The summed E-state index contributed by atoms with van der Waals surface area (Å²) in [7, 11) is 2.10. The molecule has 0 bridgehead atoms. The lowest BCUT2D eigenvalue weighted by Gasteiger charge is -2.16. The molecule has 0 saturated heterocycles. The summed E-state index contributed by atoms with van der Waals surface area (Å²) in [6.45, 7) is 3.03. The van der Waals surface area contributed by atoms with Gasteiger partial charge in [0.25, 0.3) is 0 Å². The van der Waals surface area contributed by atoms with E-state index in [4.69, 9.17) is 0 Å². The molecule has 4 heteroatoms. The molecule has 1 N–H and O–H groups in total. The number of nitrogens with zero attached hydrogens (tertiary/aromatic N) is 2. The maximum absolute atomic E-state index is 4.45. The molecule has 104 valence electrons. The molecule has 1 aliphatic carbocycles. The summed E-state index contributed by atoms with van der Waals surface area (Å²) < 4.78 is 0. The molecule has 0 saturated carbocycles. The number of benzene rings is 1. The SMILES string of the molecule is CN1CCN=C1NCCC1Cc2ccccc2C1.I. The van der Waals surface area contributed by atoms with Crippen molar-refractivity contribution < 1.29 is 0 Å². The summed E-state index contributed by atoms with van der Waals surface area (Å²) in [5.74, 6) is 1.88. The van der Waals surface area contributed by atoms with E-state index in [1.807, 2.05) is 0 Å². The second-order valence-corrected chi connectivity index (χ2v) is 5.39. The Morgan fingerprint density at radius 1 is 1.26 bits per heavy atom. The maximum Gasteiger partial charge on any atom is 0.193 e. The molecule has 3 nitrogen and oxygen atoms in total. The van der Waals surface area contributed by atoms with Gasteiger partial charge in [0, 0.05) is 20.1 Å². The number of hydrogen-bond donors (Lipinski definition) is 1. The first-order valence-electron chi connectivity index (χ1n) is 6.89. The van der Waals surface area contributed by atoms with Gasteiger partial charge < -0.3 is 10.2 Å². The van der Waals surface area contributed by atoms with Crippen LogP contribution < -0.4 is 5.32 Å². The van der Waals surface area contributed by atoms with Crippen LogP contribution in [-0.4, -0.2) is 37.5 Å². The minimum atomic E-state index is 0. The van der Waals surface area contributed by atoms with Gasteiger partial charge in [-0.15, -0.1) is 24.0 Å². The fraction of sp³-hybridized carbons (Fsp3) is 0.533. The summed E-state index contributed by atoms with van der Waals surface area (Å²) in [5, 5.41) is 3.46. The monoisotopic (exact) mass is 371 g/mol. The van der Waals surface area contributed by atoms with Crippen molar-refractivity contribution in [2.24, 2.45) is 10.9 Å². The third kappa shape index (κ3) is 3.41. The molecule has 1 aliphatic heterocycles. The molecule has 0 spiro atoms. The maximum atomic E-state index is 4.45. The third-order valence-corrected chi connectivity index (χ3v) is 4.03. The molecule has 0 atom stereocenters.